The first-order chi connectivity index (χ1) is 17.7. The smallest absolute Gasteiger partial charge is 0.292 e. The van der Waals surface area contributed by atoms with Gasteiger partial charge < -0.3 is 5.32 Å². The number of amides is 1. The molecule has 0 fully saturated rings. The number of anilines is 1. The second-order valence-corrected chi connectivity index (χ2v) is 10.1. The number of nitro benzene ring substituents is 1. The van der Waals surface area contributed by atoms with Crippen LogP contribution in [0.1, 0.15) is 18.5 Å². The van der Waals surface area contributed by atoms with E-state index in [2.05, 4.69) is 10.0 Å². The van der Waals surface area contributed by atoms with Crippen LogP contribution in [0.25, 0.3) is 10.8 Å². The van der Waals surface area contributed by atoms with Crippen LogP contribution in [-0.4, -0.2) is 25.0 Å². The number of carbonyl (C=O) groups excluding carboxylic acids is 2. The van der Waals surface area contributed by atoms with Crippen molar-refractivity contribution >= 4 is 43.9 Å². The maximum Gasteiger partial charge on any atom is 0.292 e. The van der Waals surface area contributed by atoms with Crippen LogP contribution >= 0.6 is 0 Å². The average molecular weight is 518 g/mol. The Kier molecular flexibility index (Phi) is 7.42. The molecule has 0 unspecified atom stereocenters. The predicted octanol–water partition coefficient (Wildman–Crippen LogP) is 4.61. The van der Waals surface area contributed by atoms with Crippen LogP contribution in [0.5, 0.6) is 0 Å². The van der Waals surface area contributed by atoms with E-state index in [1.807, 2.05) is 24.3 Å². The molecule has 0 aromatic heterocycles. The summed E-state index contributed by atoms with van der Waals surface area (Å²) in [4.78, 5) is 36.1. The van der Waals surface area contributed by atoms with Gasteiger partial charge in [-0.15, -0.1) is 0 Å². The van der Waals surface area contributed by atoms with Gasteiger partial charge in [0.05, 0.1) is 11.0 Å². The van der Waals surface area contributed by atoms with Crippen LogP contribution in [0.4, 0.5) is 11.4 Å². The maximum absolute atomic E-state index is 13.4. The van der Waals surface area contributed by atoms with Crippen LogP contribution in [0, 0.1) is 16.0 Å². The van der Waals surface area contributed by atoms with Gasteiger partial charge in [0.25, 0.3) is 11.6 Å². The van der Waals surface area contributed by atoms with Gasteiger partial charge in [-0.05, 0) is 40.6 Å². The summed E-state index contributed by atoms with van der Waals surface area (Å²) in [5.74, 6) is -2.91. The van der Waals surface area contributed by atoms with Crippen LogP contribution < -0.4 is 10.0 Å². The van der Waals surface area contributed by atoms with Crippen molar-refractivity contribution in [2.75, 3.05) is 5.32 Å². The summed E-state index contributed by atoms with van der Waals surface area (Å²) in [5, 5.41) is 15.7. The van der Waals surface area contributed by atoms with Crippen molar-refractivity contribution in [3.05, 3.63) is 113 Å². The fraction of sp³-hybridized carbons (Fsp3) is 0.111. The fourth-order valence-electron chi connectivity index (χ4n) is 4.00. The van der Waals surface area contributed by atoms with Gasteiger partial charge in [-0.2, -0.15) is 0 Å². The zero-order valence-corrected chi connectivity index (χ0v) is 20.5. The summed E-state index contributed by atoms with van der Waals surface area (Å²) < 4.78 is 29.2. The monoisotopic (exact) mass is 517 g/mol. The van der Waals surface area contributed by atoms with Crippen molar-refractivity contribution in [3.8, 4) is 0 Å². The second-order valence-electron chi connectivity index (χ2n) is 8.40. The Morgan fingerprint density at radius 1 is 0.838 bits per heavy atom. The SMILES string of the molecule is C[C@H](C(=O)C(=O)Nc1ccccc1)[C@@H](NS(=O)(=O)c1ccccc1[N+](=O)[O-])c1ccc2ccccc2c1. The first-order valence-electron chi connectivity index (χ1n) is 11.3. The minimum Gasteiger partial charge on any atom is -0.319 e. The highest BCUT2D eigenvalue weighted by Gasteiger charge is 2.35. The number of ketones is 1. The minimum atomic E-state index is -4.48. The number of benzene rings is 4. The number of hydrogen-bond acceptors (Lipinski definition) is 6. The van der Waals surface area contributed by atoms with Crippen molar-refractivity contribution in [1.29, 1.82) is 0 Å². The lowest BCUT2D eigenvalue weighted by atomic mass is 9.90. The van der Waals surface area contributed by atoms with Crippen molar-refractivity contribution < 1.29 is 22.9 Å². The zero-order chi connectivity index (χ0) is 26.6. The van der Waals surface area contributed by atoms with Gasteiger partial charge in [-0.25, -0.2) is 13.1 Å². The summed E-state index contributed by atoms with van der Waals surface area (Å²) in [6, 6.07) is 24.7. The van der Waals surface area contributed by atoms with Crippen LogP contribution in [0.2, 0.25) is 0 Å². The van der Waals surface area contributed by atoms with E-state index in [1.165, 1.54) is 19.1 Å². The number of fused-ring (bicyclic) bond motifs is 1. The molecular weight excluding hydrogens is 494 g/mol. The van der Waals surface area contributed by atoms with E-state index in [0.717, 1.165) is 22.9 Å². The Hall–Kier alpha value is -4.41. The molecule has 0 aliphatic rings. The van der Waals surface area contributed by atoms with Crippen LogP contribution in [0.15, 0.2) is 102 Å². The van der Waals surface area contributed by atoms with E-state index in [9.17, 15) is 28.1 Å². The number of nitro groups is 1. The summed E-state index contributed by atoms with van der Waals surface area (Å²) in [7, 11) is -4.48. The first kappa shape index (κ1) is 25.7. The molecule has 4 rings (SSSR count). The Morgan fingerprint density at radius 2 is 1.46 bits per heavy atom. The topological polar surface area (TPSA) is 135 Å². The molecule has 0 aliphatic carbocycles. The lowest BCUT2D eigenvalue weighted by Gasteiger charge is -2.25. The average Bonchev–Trinajstić information content (AvgIpc) is 2.91. The largest absolute Gasteiger partial charge is 0.319 e. The third-order valence-electron chi connectivity index (χ3n) is 5.94. The Bertz CT molecular complexity index is 1590. The molecular formula is C27H23N3O6S. The van der Waals surface area contributed by atoms with Crippen LogP contribution in [0.3, 0.4) is 0 Å². The van der Waals surface area contributed by atoms with Crippen molar-refractivity contribution in [2.24, 2.45) is 5.92 Å². The van der Waals surface area contributed by atoms with Gasteiger partial charge in [-0.3, -0.25) is 19.7 Å². The molecule has 10 heteroatoms. The molecule has 0 saturated carbocycles. The fourth-order valence-corrected chi connectivity index (χ4v) is 5.48. The number of sulfonamides is 1. The van der Waals surface area contributed by atoms with E-state index in [4.69, 9.17) is 0 Å². The third kappa shape index (κ3) is 5.71. The van der Waals surface area contributed by atoms with E-state index >= 15 is 0 Å². The quantitative estimate of drug-likeness (QED) is 0.189. The Balaban J connectivity index is 1.73. The Morgan fingerprint density at radius 3 is 2.16 bits per heavy atom. The molecule has 0 aliphatic heterocycles. The number of rotatable bonds is 9. The minimum absolute atomic E-state index is 0.413. The second kappa shape index (κ2) is 10.7. The van der Waals surface area contributed by atoms with Crippen molar-refractivity contribution in [3.63, 3.8) is 0 Å². The standard InChI is InChI=1S/C27H23N3O6S/c1-18(26(31)27(32)28-22-11-3-2-4-12-22)25(21-16-15-19-9-5-6-10-20(19)17-21)29-37(35,36)24-14-8-7-13-23(24)30(33)34/h2-18,25,29H,1H3,(H,28,32)/t18-,25+/m0/s1. The summed E-state index contributed by atoms with van der Waals surface area (Å²) in [6.45, 7) is 1.44. The van der Waals surface area contributed by atoms with Crippen molar-refractivity contribution in [1.82, 2.24) is 4.72 Å². The van der Waals surface area contributed by atoms with Gasteiger partial charge in [0, 0.05) is 17.7 Å². The number of para-hydroxylation sites is 2. The van der Waals surface area contributed by atoms with Gasteiger partial charge in [0.2, 0.25) is 15.8 Å². The van der Waals surface area contributed by atoms with Crippen LogP contribution in [-0.2, 0) is 19.6 Å². The van der Waals surface area contributed by atoms with E-state index in [1.54, 1.807) is 48.5 Å². The van der Waals surface area contributed by atoms with Gasteiger partial charge in [0.15, 0.2) is 4.90 Å². The molecule has 2 N–H and O–H groups in total. The highest BCUT2D eigenvalue weighted by Crippen LogP contribution is 2.31. The van der Waals surface area contributed by atoms with E-state index in [0.29, 0.717) is 11.3 Å². The third-order valence-corrected chi connectivity index (χ3v) is 7.42. The predicted molar refractivity (Wildman–Crippen MR) is 139 cm³/mol. The van der Waals surface area contributed by atoms with Gasteiger partial charge >= 0.3 is 0 Å². The van der Waals surface area contributed by atoms with Crippen molar-refractivity contribution in [2.45, 2.75) is 17.9 Å². The van der Waals surface area contributed by atoms with Gasteiger partial charge in [-0.1, -0.05) is 73.7 Å². The number of hydrogen-bond donors (Lipinski definition) is 2. The van der Waals surface area contributed by atoms with Gasteiger partial charge in [0.1, 0.15) is 0 Å². The lowest BCUT2D eigenvalue weighted by molar-refractivity contribution is -0.387. The number of nitrogens with one attached hydrogen (secondary N) is 2. The molecule has 0 bridgehead atoms. The molecule has 37 heavy (non-hydrogen) atoms. The maximum atomic E-state index is 13.4. The molecule has 4 aromatic rings. The lowest BCUT2D eigenvalue weighted by Crippen LogP contribution is -2.39. The zero-order valence-electron chi connectivity index (χ0n) is 19.7. The molecule has 1 amide bonds. The summed E-state index contributed by atoms with van der Waals surface area (Å²) in [6.07, 6.45) is 0. The first-order valence-corrected chi connectivity index (χ1v) is 12.8. The van der Waals surface area contributed by atoms with E-state index in [-0.39, 0.29) is 0 Å². The molecule has 0 heterocycles. The molecule has 4 aromatic carbocycles. The summed E-state index contributed by atoms with van der Waals surface area (Å²) in [5.41, 5.74) is 0.234. The highest BCUT2D eigenvalue weighted by atomic mass is 32.2. The molecule has 0 spiro atoms. The molecule has 188 valence electrons. The normalized spacial score (nSPS) is 13.0. The highest BCUT2D eigenvalue weighted by molar-refractivity contribution is 7.89. The molecule has 0 saturated heterocycles. The molecule has 0 radical (unpaired) electrons. The number of carbonyl (C=O) groups is 2. The molecule has 2 atom stereocenters. The van der Waals surface area contributed by atoms with E-state index < -0.39 is 49.2 Å². The molecule has 9 nitrogen and oxygen atoms in total. The summed E-state index contributed by atoms with van der Waals surface area (Å²) >= 11 is 0. The number of Topliss-reactive ketones (excluding diaryl/α,β-unsaturated/α-hetero) is 1. The number of nitrogens with zero attached hydrogens (tertiary/aromatic N) is 1. The Labute approximate surface area is 213 Å².